The number of carbonyl (C=O) groups excluding carboxylic acids is 2. The molecule has 0 saturated heterocycles. The van der Waals surface area contributed by atoms with Crippen molar-refractivity contribution in [3.63, 3.8) is 0 Å². The van der Waals surface area contributed by atoms with Crippen molar-refractivity contribution in [3.05, 3.63) is 72.4 Å². The Morgan fingerprint density at radius 3 is 1.65 bits per heavy atom. The third-order valence-corrected chi connectivity index (χ3v) is 31.0. The van der Waals surface area contributed by atoms with Gasteiger partial charge in [0, 0.05) is 61.3 Å². The highest BCUT2D eigenvalue weighted by Crippen LogP contribution is 2.44. The number of aliphatic hydroxyl groups excluding tert-OH is 2. The molecule has 6 aromatic rings. The smallest absolute Gasteiger partial charge is 0.336 e. The fourth-order valence-corrected chi connectivity index (χ4v) is 29.9. The van der Waals surface area contributed by atoms with Crippen LogP contribution in [0.3, 0.4) is 0 Å². The van der Waals surface area contributed by atoms with Gasteiger partial charge in [-0.2, -0.15) is 0 Å². The van der Waals surface area contributed by atoms with E-state index >= 15 is 0 Å². The van der Waals surface area contributed by atoms with Crippen LogP contribution in [0.15, 0.2) is 51.3 Å². The Kier molecular flexibility index (Phi) is 13.9. The first-order chi connectivity index (χ1) is 29.6. The monoisotopic (exact) mass is 1070 g/mol. The zero-order chi connectivity index (χ0) is 46.0. The molecule has 8 nitrogen and oxygen atoms in total. The second-order valence-corrected chi connectivity index (χ2v) is 38.9. The predicted molar refractivity (Wildman–Crippen MR) is 287 cm³/mol. The van der Waals surface area contributed by atoms with Crippen LogP contribution in [0.2, 0.25) is 39.3 Å². The molecule has 332 valence electrons. The van der Waals surface area contributed by atoms with Crippen LogP contribution < -0.4 is 40.9 Å². The molecule has 9 heterocycles. The number of nitrogens with zero attached hydrogens (tertiary/aromatic N) is 3. The number of carbonyl (C=O) groups is 2. The molecule has 0 fully saturated rings. The topological polar surface area (TPSA) is 94.7 Å². The normalized spacial score (nSPS) is 15.3. The van der Waals surface area contributed by atoms with Gasteiger partial charge in [-0.1, -0.05) is 45.3 Å². The molecule has 2 N–H and O–H groups in total. The van der Waals surface area contributed by atoms with E-state index in [1.807, 2.05) is 36.8 Å². The number of hydrogen-bond acceptors (Lipinski definition) is 13. The quantitative estimate of drug-likeness (QED) is 0.0492. The van der Waals surface area contributed by atoms with Gasteiger partial charge >= 0.3 is 5.97 Å². The molecule has 0 spiro atoms. The number of hydrogen-bond donors (Lipinski definition) is 2. The number of likely N-dealkylation sites (N-methyl/N-ethyl adjacent to an activating group) is 2. The molecular weight excluding hydrogens is 1020 g/mol. The molecule has 6 aromatic heterocycles. The summed E-state index contributed by atoms with van der Waals surface area (Å²) in [7, 11) is -0.786. The first-order valence-electron chi connectivity index (χ1n) is 20.4. The summed E-state index contributed by atoms with van der Waals surface area (Å²) < 4.78 is 6.64. The van der Waals surface area contributed by atoms with E-state index < -0.39 is 35.8 Å². The summed E-state index contributed by atoms with van der Waals surface area (Å²) in [5, 5.41) is 31.8. The second-order valence-electron chi connectivity index (χ2n) is 18.3. The van der Waals surface area contributed by atoms with Crippen LogP contribution in [-0.4, -0.2) is 92.7 Å². The summed E-state index contributed by atoms with van der Waals surface area (Å²) in [6.07, 6.45) is 2.61. The van der Waals surface area contributed by atoms with E-state index in [0.29, 0.717) is 13.1 Å². The fourth-order valence-electron chi connectivity index (χ4n) is 8.14. The molecule has 0 atom stereocenters. The number of aliphatic hydroxyl groups is 2. The molecule has 3 aliphatic heterocycles. The van der Waals surface area contributed by atoms with E-state index in [0.717, 1.165) is 21.0 Å². The molecule has 0 unspecified atom stereocenters. The minimum atomic E-state index is -1.83. The third kappa shape index (κ3) is 9.07. The molecule has 0 aliphatic carbocycles. The zero-order valence-electron chi connectivity index (χ0n) is 37.3. The highest BCUT2D eigenvalue weighted by molar-refractivity contribution is 9.11. The molecule has 18 heteroatoms. The fraction of sp³-hybridized carbons (Fsp3) is 0.356. The minimum absolute atomic E-state index is 0.00842. The first-order valence-corrected chi connectivity index (χ1v) is 35.2. The van der Waals surface area contributed by atoms with E-state index in [1.54, 1.807) is 82.6 Å². The molecule has 0 radical (unpaired) electrons. The third-order valence-electron chi connectivity index (χ3n) is 11.7. The number of esters is 1. The van der Waals surface area contributed by atoms with Crippen molar-refractivity contribution in [2.24, 2.45) is 0 Å². The summed E-state index contributed by atoms with van der Waals surface area (Å²) >= 11 is 14.2. The average molecular weight is 1070 g/mol. The van der Waals surface area contributed by atoms with Gasteiger partial charge in [-0.25, -0.2) is 4.85 Å². The highest BCUT2D eigenvalue weighted by Gasteiger charge is 2.43. The van der Waals surface area contributed by atoms with Gasteiger partial charge in [-0.05, 0) is 110 Å². The molecule has 3 aliphatic rings. The summed E-state index contributed by atoms with van der Waals surface area (Å²) in [6, 6.07) is 13.4. The maximum Gasteiger partial charge on any atom is 0.336 e. The van der Waals surface area contributed by atoms with Gasteiger partial charge in [0.2, 0.25) is 0 Å². The van der Waals surface area contributed by atoms with Crippen molar-refractivity contribution in [1.82, 2.24) is 0 Å². The Bertz CT molecular complexity index is 2790. The zero-order valence-corrected chi connectivity index (χ0v) is 46.8. The number of rotatable bonds is 9. The van der Waals surface area contributed by atoms with Gasteiger partial charge in [0.15, 0.2) is 6.29 Å². The van der Waals surface area contributed by atoms with Crippen LogP contribution in [0.5, 0.6) is 0 Å². The Hall–Kier alpha value is -2.78. The first kappa shape index (κ1) is 48.2. The van der Waals surface area contributed by atoms with E-state index in [1.165, 1.54) is 58.8 Å². The molecule has 63 heavy (non-hydrogen) atoms. The van der Waals surface area contributed by atoms with Crippen LogP contribution in [-0.2, 0) is 9.53 Å². The summed E-state index contributed by atoms with van der Waals surface area (Å²) in [5.41, 5.74) is -0.621. The van der Waals surface area contributed by atoms with Crippen molar-refractivity contribution in [1.29, 1.82) is 0 Å². The summed E-state index contributed by atoms with van der Waals surface area (Å²) in [4.78, 5) is 40.9. The van der Waals surface area contributed by atoms with E-state index in [9.17, 15) is 14.7 Å². The maximum absolute atomic E-state index is 12.3. The van der Waals surface area contributed by atoms with Crippen LogP contribution in [0.25, 0.3) is 40.2 Å². The Balaban J connectivity index is 0.000000151. The van der Waals surface area contributed by atoms with Crippen molar-refractivity contribution >= 4 is 168 Å². The Morgan fingerprint density at radius 1 is 0.714 bits per heavy atom. The molecule has 0 saturated carbocycles. The minimum Gasteiger partial charge on any atom is -0.465 e. The van der Waals surface area contributed by atoms with Gasteiger partial charge in [0.05, 0.1) is 38.5 Å². The molecule has 9 rings (SSSR count). The van der Waals surface area contributed by atoms with E-state index in [4.69, 9.17) is 16.4 Å². The van der Waals surface area contributed by atoms with Gasteiger partial charge in [-0.3, -0.25) is 9.59 Å². The molecule has 0 aromatic carbocycles. The predicted octanol–water partition coefficient (Wildman–Crippen LogP) is 8.87. The van der Waals surface area contributed by atoms with Gasteiger partial charge in [-0.15, -0.1) is 68.0 Å². The number of halogens is 1. The van der Waals surface area contributed by atoms with Crippen molar-refractivity contribution < 1.29 is 24.5 Å². The standard InChI is InChI=1S/C21H26N2O3S2Si.C14H17NO2S2Si.C10H9BrS2Si/c1-21(2,3)26-20(25)14(22-4)10-13-11-15-18(27-13)19-16(29(15,6)7)12-17(28-19)23(5)8-9-24;1-15(4-5-16)12-7-11-14(19-12)13-10(20(11,2)3)6-9(8-17)18-13;1-14(2)6-3-4-12-9(6)10-7(14)5-8(11)13-10/h10-12,24H,8-9H2,1-3,5-7H3;6-8,16H,4-5H2,1-3H3;3-5H,1-2H3/b14-10-;;. The number of fused-ring (bicyclic) bond motifs is 9. The lowest BCUT2D eigenvalue weighted by Crippen LogP contribution is -2.48. The van der Waals surface area contributed by atoms with E-state index in [2.05, 4.69) is 112 Å². The van der Waals surface area contributed by atoms with E-state index in [-0.39, 0.29) is 18.9 Å². The highest BCUT2D eigenvalue weighted by atomic mass is 79.9. The van der Waals surface area contributed by atoms with Gasteiger partial charge < -0.3 is 24.7 Å². The van der Waals surface area contributed by atoms with Crippen LogP contribution in [0.4, 0.5) is 10.0 Å². The van der Waals surface area contributed by atoms with Crippen LogP contribution in [0, 0.1) is 6.57 Å². The lowest BCUT2D eigenvalue weighted by molar-refractivity contribution is -0.149. The average Bonchev–Trinajstić information content (AvgIpc) is 4.06. The SMILES string of the molecule is CN(CCO)c1cc2c(s1)-c1sc(C=O)cc1[Si]2(C)C.C[Si]1(C)c2ccsc2-c2sc(Br)cc21.[C-]#[N+]/C(=C\c1cc2c(s1)-c1sc(N(C)CCO)cc1[Si]2(C)C)C(=O)OC(C)(C)C. The maximum atomic E-state index is 12.3. The molecule has 0 bridgehead atoms. The molecule has 0 amide bonds. The number of ether oxygens (including phenoxy) is 1. The number of anilines is 2. The molecular formula is C45H52BrN3O5S6Si3. The Morgan fingerprint density at radius 2 is 1.16 bits per heavy atom. The van der Waals surface area contributed by atoms with Crippen molar-refractivity contribution in [3.8, 4) is 29.3 Å². The Labute approximate surface area is 406 Å². The van der Waals surface area contributed by atoms with Crippen LogP contribution >= 0.6 is 84.0 Å². The largest absolute Gasteiger partial charge is 0.465 e. The van der Waals surface area contributed by atoms with Crippen molar-refractivity contribution in [2.75, 3.05) is 50.2 Å². The van der Waals surface area contributed by atoms with Gasteiger partial charge in [0.25, 0.3) is 5.70 Å². The number of thiophene rings is 6. The summed E-state index contributed by atoms with van der Waals surface area (Å²) in [5.74, 6) is -0.581. The second kappa shape index (κ2) is 18.1. The van der Waals surface area contributed by atoms with Crippen molar-refractivity contribution in [2.45, 2.75) is 65.7 Å². The lowest BCUT2D eigenvalue weighted by atomic mass is 10.2. The lowest BCUT2D eigenvalue weighted by Gasteiger charge is -2.19. The van der Waals surface area contributed by atoms with Gasteiger partial charge in [0.1, 0.15) is 29.8 Å². The van der Waals surface area contributed by atoms with Crippen LogP contribution in [0.1, 0.15) is 35.3 Å². The summed E-state index contributed by atoms with van der Waals surface area (Å²) in [6.45, 7) is 28.6. The number of aldehydes is 1.